The van der Waals surface area contributed by atoms with Crippen LogP contribution >= 0.6 is 23.6 Å². The van der Waals surface area contributed by atoms with Gasteiger partial charge in [0.25, 0.3) is 5.91 Å². The average Bonchev–Trinajstić information content (AvgIpc) is 3.26. The fraction of sp³-hybridized carbons (Fsp3) is 0.211. The monoisotopic (exact) mass is 402 g/mol. The summed E-state index contributed by atoms with van der Waals surface area (Å²) < 4.78 is 0. The predicted molar refractivity (Wildman–Crippen MR) is 109 cm³/mol. The van der Waals surface area contributed by atoms with Gasteiger partial charge in [-0.25, -0.2) is 0 Å². The molecule has 4 N–H and O–H groups in total. The van der Waals surface area contributed by atoms with E-state index in [2.05, 4.69) is 10.6 Å². The van der Waals surface area contributed by atoms with E-state index in [0.29, 0.717) is 16.2 Å². The maximum Gasteiger partial charge on any atom is 0.251 e. The molecule has 1 unspecified atom stereocenters. The van der Waals surface area contributed by atoms with Crippen molar-refractivity contribution >= 4 is 46.3 Å². The third kappa shape index (κ3) is 4.86. The zero-order valence-corrected chi connectivity index (χ0v) is 15.9. The number of carbonyl (C=O) groups is 2. The first-order chi connectivity index (χ1) is 13.0. The molecule has 27 heavy (non-hydrogen) atoms. The van der Waals surface area contributed by atoms with Gasteiger partial charge in [-0.3, -0.25) is 9.59 Å². The highest BCUT2D eigenvalue weighted by Gasteiger charge is 2.21. The Balaban J connectivity index is 1.68. The van der Waals surface area contributed by atoms with Gasteiger partial charge < -0.3 is 20.8 Å². The molecule has 0 radical (unpaired) electrons. The maximum absolute atomic E-state index is 12.0. The Morgan fingerprint density at radius 1 is 1.30 bits per heavy atom. The van der Waals surface area contributed by atoms with Crippen LogP contribution in [0.15, 0.2) is 42.1 Å². The quantitative estimate of drug-likeness (QED) is 0.434. The molecule has 1 aliphatic heterocycles. The molecule has 6 nitrogen and oxygen atoms in total. The highest BCUT2D eigenvalue weighted by Crippen LogP contribution is 2.30. The second-order valence-electron chi connectivity index (χ2n) is 6.03. The molecule has 0 saturated carbocycles. The predicted octanol–water partition coefficient (Wildman–Crippen LogP) is 1.73. The number of Topliss-reactive ketones (excluding diaryl/α,β-unsaturated/α-hetero) is 1. The molecule has 1 aromatic carbocycles. The summed E-state index contributed by atoms with van der Waals surface area (Å²) in [5, 5.41) is 23.5. The van der Waals surface area contributed by atoms with E-state index >= 15 is 0 Å². The highest BCUT2D eigenvalue weighted by atomic mass is 32.1. The summed E-state index contributed by atoms with van der Waals surface area (Å²) in [7, 11) is 0. The van der Waals surface area contributed by atoms with Crippen LogP contribution in [-0.2, 0) is 4.79 Å². The van der Waals surface area contributed by atoms with E-state index < -0.39 is 12.7 Å². The van der Waals surface area contributed by atoms with E-state index in [1.54, 1.807) is 18.2 Å². The van der Waals surface area contributed by atoms with E-state index in [0.717, 1.165) is 15.3 Å². The number of nitrogens with one attached hydrogen (secondary N) is 2. The minimum atomic E-state index is -0.970. The van der Waals surface area contributed by atoms with Crippen molar-refractivity contribution in [2.24, 2.45) is 0 Å². The molecule has 1 saturated heterocycles. The van der Waals surface area contributed by atoms with E-state index in [9.17, 15) is 14.7 Å². The first kappa shape index (κ1) is 19.4. The van der Waals surface area contributed by atoms with E-state index in [4.69, 9.17) is 17.3 Å². The number of carbonyl (C=O) groups excluding carboxylic acids is 2. The summed E-state index contributed by atoms with van der Waals surface area (Å²) in [6.07, 6.45) is 1.09. The number of aliphatic hydroxyl groups is 2. The largest absolute Gasteiger partial charge is 0.394 e. The van der Waals surface area contributed by atoms with Crippen molar-refractivity contribution in [1.82, 2.24) is 10.6 Å². The van der Waals surface area contributed by atoms with Gasteiger partial charge >= 0.3 is 0 Å². The van der Waals surface area contributed by atoms with Crippen molar-refractivity contribution in [1.29, 1.82) is 0 Å². The minimum absolute atomic E-state index is 0.00312. The molecule has 1 fully saturated rings. The lowest BCUT2D eigenvalue weighted by Crippen LogP contribution is -2.33. The minimum Gasteiger partial charge on any atom is -0.394 e. The standard InChI is InChI=1S/C19H18N2O4S2/c22-10-13(23)9-20-19(25)12-3-1-11(2-4-12)17-6-5-14(27-17)7-15-16(24)8-18(26)21-15/h1-7,13,22-23H,8-10H2,(H,20,25)(H,21,26)/b15-7+. The lowest BCUT2D eigenvalue weighted by Gasteiger charge is -2.09. The number of hydrogen-bond acceptors (Lipinski definition) is 6. The molecule has 0 bridgehead atoms. The van der Waals surface area contributed by atoms with Gasteiger partial charge in [0.05, 0.1) is 29.8 Å². The fourth-order valence-electron chi connectivity index (χ4n) is 2.51. The van der Waals surface area contributed by atoms with Crippen LogP contribution in [0.1, 0.15) is 21.7 Å². The number of ketones is 1. The van der Waals surface area contributed by atoms with Crippen LogP contribution < -0.4 is 10.6 Å². The molecule has 2 aromatic rings. The first-order valence-corrected chi connectivity index (χ1v) is 9.51. The Labute approximate surface area is 165 Å². The van der Waals surface area contributed by atoms with Gasteiger partial charge in [0, 0.05) is 21.9 Å². The number of amides is 1. The van der Waals surface area contributed by atoms with Gasteiger partial charge in [-0.1, -0.05) is 24.4 Å². The van der Waals surface area contributed by atoms with Gasteiger partial charge in [0.1, 0.15) is 0 Å². The number of hydrogen-bond donors (Lipinski definition) is 4. The summed E-state index contributed by atoms with van der Waals surface area (Å²) in [4.78, 5) is 26.3. The molecule has 0 aliphatic carbocycles. The average molecular weight is 402 g/mol. The van der Waals surface area contributed by atoms with Crippen LogP contribution in [0.2, 0.25) is 0 Å². The number of aliphatic hydroxyl groups excluding tert-OH is 2. The van der Waals surface area contributed by atoms with Gasteiger partial charge in [0.15, 0.2) is 5.78 Å². The molecule has 3 rings (SSSR count). The zero-order chi connectivity index (χ0) is 19.4. The van der Waals surface area contributed by atoms with Crippen molar-refractivity contribution in [3.8, 4) is 10.4 Å². The van der Waals surface area contributed by atoms with Gasteiger partial charge in [-0.15, -0.1) is 11.3 Å². The number of benzene rings is 1. The van der Waals surface area contributed by atoms with Crippen LogP contribution in [0.25, 0.3) is 16.5 Å². The number of rotatable bonds is 6. The van der Waals surface area contributed by atoms with Crippen molar-refractivity contribution in [2.75, 3.05) is 13.2 Å². The summed E-state index contributed by atoms with van der Waals surface area (Å²) >= 11 is 6.55. The smallest absolute Gasteiger partial charge is 0.251 e. The molecule has 8 heteroatoms. The van der Waals surface area contributed by atoms with E-state index in [1.807, 2.05) is 24.3 Å². The summed E-state index contributed by atoms with van der Waals surface area (Å²) in [5.74, 6) is -0.316. The van der Waals surface area contributed by atoms with Gasteiger partial charge in [-0.05, 0) is 35.9 Å². The van der Waals surface area contributed by atoms with E-state index in [1.165, 1.54) is 11.3 Å². The molecule has 1 aromatic heterocycles. The normalized spacial score (nSPS) is 16.4. The lowest BCUT2D eigenvalue weighted by molar-refractivity contribution is -0.114. The Morgan fingerprint density at radius 2 is 2.04 bits per heavy atom. The first-order valence-electron chi connectivity index (χ1n) is 8.28. The van der Waals surface area contributed by atoms with Crippen LogP contribution in [0.3, 0.4) is 0 Å². The van der Waals surface area contributed by atoms with Crippen LogP contribution in [-0.4, -0.2) is 46.1 Å². The number of allylic oxidation sites excluding steroid dienone is 1. The van der Waals surface area contributed by atoms with Gasteiger partial charge in [0.2, 0.25) is 0 Å². The number of thiocarbonyl (C=S) groups is 1. The fourth-order valence-corrected chi connectivity index (χ4v) is 3.71. The molecule has 1 amide bonds. The van der Waals surface area contributed by atoms with E-state index in [-0.39, 0.29) is 24.7 Å². The van der Waals surface area contributed by atoms with Crippen LogP contribution in [0.4, 0.5) is 0 Å². The van der Waals surface area contributed by atoms with Crippen LogP contribution in [0.5, 0.6) is 0 Å². The zero-order valence-electron chi connectivity index (χ0n) is 14.3. The molecule has 2 heterocycles. The van der Waals surface area contributed by atoms with Crippen molar-refractivity contribution in [2.45, 2.75) is 12.5 Å². The summed E-state index contributed by atoms with van der Waals surface area (Å²) in [6.45, 7) is -0.404. The summed E-state index contributed by atoms with van der Waals surface area (Å²) in [6, 6.07) is 11.0. The lowest BCUT2D eigenvalue weighted by atomic mass is 10.1. The second-order valence-corrected chi connectivity index (χ2v) is 7.64. The van der Waals surface area contributed by atoms with Crippen molar-refractivity contribution in [3.05, 3.63) is 52.5 Å². The maximum atomic E-state index is 12.0. The van der Waals surface area contributed by atoms with Crippen molar-refractivity contribution in [3.63, 3.8) is 0 Å². The third-order valence-corrected chi connectivity index (χ3v) is 5.28. The molecule has 1 aliphatic rings. The highest BCUT2D eigenvalue weighted by molar-refractivity contribution is 7.80. The molecule has 140 valence electrons. The topological polar surface area (TPSA) is 98.7 Å². The summed E-state index contributed by atoms with van der Waals surface area (Å²) in [5.41, 5.74) is 1.94. The Bertz CT molecular complexity index is 903. The third-order valence-electron chi connectivity index (χ3n) is 3.95. The Morgan fingerprint density at radius 3 is 2.67 bits per heavy atom. The Kier molecular flexibility index (Phi) is 6.12. The SMILES string of the molecule is O=C1CC(=S)N/C1=C/c1ccc(-c2ccc(C(=O)NCC(O)CO)cc2)s1. The Hall–Kier alpha value is -2.39. The molecular weight excluding hydrogens is 384 g/mol. The molecular formula is C19H18N2O4S2. The second kappa shape index (κ2) is 8.53. The molecule has 1 atom stereocenters. The van der Waals surface area contributed by atoms with Crippen molar-refractivity contribution < 1.29 is 19.8 Å². The molecule has 0 spiro atoms. The van der Waals surface area contributed by atoms with Gasteiger partial charge in [-0.2, -0.15) is 0 Å². The van der Waals surface area contributed by atoms with Crippen LogP contribution in [0, 0.1) is 0 Å². The number of thiophene rings is 1.